The number of hydrogen-bond donors (Lipinski definition) is 1. The second-order valence-electron chi connectivity index (χ2n) is 5.65. The molecule has 0 saturated carbocycles. The fraction of sp³-hybridized carbons (Fsp3) is 0.727. The molecule has 80 valence electrons. The molecule has 0 unspecified atom stereocenters. The van der Waals surface area contributed by atoms with Gasteiger partial charge in [-0.3, -0.25) is 9.69 Å². The Kier molecular flexibility index (Phi) is 2.38. The monoisotopic (exact) mass is 196 g/mol. The number of hydrogen-bond acceptors (Lipinski definition) is 2. The molecule has 1 N–H and O–H groups in total. The lowest BCUT2D eigenvalue weighted by molar-refractivity contribution is -0.131. The molecular formula is C11H20N2O. The van der Waals surface area contributed by atoms with Gasteiger partial charge in [0.15, 0.2) is 0 Å². The molecule has 1 heterocycles. The number of carbonyl (C=O) groups is 1. The summed E-state index contributed by atoms with van der Waals surface area (Å²) in [5, 5.41) is 3.10. The zero-order valence-corrected chi connectivity index (χ0v) is 9.77. The van der Waals surface area contributed by atoms with Crippen molar-refractivity contribution in [2.75, 3.05) is 6.54 Å². The topological polar surface area (TPSA) is 32.3 Å². The lowest BCUT2D eigenvalue weighted by Crippen LogP contribution is -2.41. The van der Waals surface area contributed by atoms with Crippen LogP contribution < -0.4 is 5.32 Å². The normalized spacial score (nSPS) is 21.4. The second kappa shape index (κ2) is 3.01. The van der Waals surface area contributed by atoms with Gasteiger partial charge in [-0.25, -0.2) is 0 Å². The minimum atomic E-state index is -0.498. The van der Waals surface area contributed by atoms with E-state index in [4.69, 9.17) is 0 Å². The van der Waals surface area contributed by atoms with Gasteiger partial charge >= 0.3 is 0 Å². The minimum absolute atomic E-state index is 0.0979. The van der Waals surface area contributed by atoms with Gasteiger partial charge in [0.05, 0.1) is 0 Å². The number of amides is 1. The highest BCUT2D eigenvalue weighted by molar-refractivity contribution is 5.89. The Labute approximate surface area is 86.2 Å². The number of rotatable bonds is 1. The smallest absolute Gasteiger partial charge is 0.253 e. The van der Waals surface area contributed by atoms with Gasteiger partial charge < -0.3 is 5.32 Å². The predicted octanol–water partition coefficient (Wildman–Crippen LogP) is 1.71. The zero-order chi connectivity index (χ0) is 11.1. The van der Waals surface area contributed by atoms with Gasteiger partial charge in [0, 0.05) is 6.54 Å². The fourth-order valence-corrected chi connectivity index (χ4v) is 1.58. The maximum absolute atomic E-state index is 11.9. The molecule has 0 radical (unpaired) electrons. The van der Waals surface area contributed by atoms with Crippen LogP contribution in [0.3, 0.4) is 0 Å². The van der Waals surface area contributed by atoms with Gasteiger partial charge in [0.2, 0.25) is 0 Å². The first-order chi connectivity index (χ1) is 6.13. The third-order valence-corrected chi connectivity index (χ3v) is 2.19. The molecule has 1 aliphatic rings. The van der Waals surface area contributed by atoms with Gasteiger partial charge in [-0.2, -0.15) is 0 Å². The van der Waals surface area contributed by atoms with Crippen LogP contribution in [0.25, 0.3) is 0 Å². The van der Waals surface area contributed by atoms with Crippen LogP contribution in [0.15, 0.2) is 12.4 Å². The van der Waals surface area contributed by atoms with Crippen molar-refractivity contribution in [2.45, 2.75) is 40.2 Å². The van der Waals surface area contributed by atoms with Crippen molar-refractivity contribution in [3.05, 3.63) is 12.4 Å². The molecule has 3 heteroatoms. The van der Waals surface area contributed by atoms with Crippen LogP contribution in [0, 0.1) is 5.41 Å². The van der Waals surface area contributed by atoms with Crippen molar-refractivity contribution < 1.29 is 4.79 Å². The van der Waals surface area contributed by atoms with E-state index in [9.17, 15) is 4.79 Å². The first-order valence-electron chi connectivity index (χ1n) is 4.92. The summed E-state index contributed by atoms with van der Waals surface area (Å²) in [6, 6.07) is 0. The molecule has 1 saturated heterocycles. The number of carbonyl (C=O) groups excluding carboxylic acids is 1. The van der Waals surface area contributed by atoms with E-state index in [2.05, 4.69) is 32.7 Å². The van der Waals surface area contributed by atoms with Crippen LogP contribution in [0.5, 0.6) is 0 Å². The average Bonchev–Trinajstić information content (AvgIpc) is 2.10. The molecule has 0 bridgehead atoms. The van der Waals surface area contributed by atoms with Crippen molar-refractivity contribution in [3.8, 4) is 0 Å². The van der Waals surface area contributed by atoms with Gasteiger partial charge in [-0.1, -0.05) is 27.4 Å². The van der Waals surface area contributed by atoms with Gasteiger partial charge in [0.1, 0.15) is 11.4 Å². The highest BCUT2D eigenvalue weighted by atomic mass is 16.2. The Hall–Kier alpha value is -0.990. The molecule has 0 aromatic heterocycles. The molecule has 0 aromatic carbocycles. The molecule has 1 rings (SSSR count). The van der Waals surface area contributed by atoms with E-state index < -0.39 is 5.54 Å². The third-order valence-electron chi connectivity index (χ3n) is 2.19. The van der Waals surface area contributed by atoms with Crippen molar-refractivity contribution >= 4 is 5.91 Å². The molecular weight excluding hydrogens is 176 g/mol. The average molecular weight is 196 g/mol. The predicted molar refractivity (Wildman–Crippen MR) is 57.5 cm³/mol. The van der Waals surface area contributed by atoms with Crippen molar-refractivity contribution in [1.29, 1.82) is 0 Å². The summed E-state index contributed by atoms with van der Waals surface area (Å²) in [5.41, 5.74) is -0.400. The molecule has 0 atom stereocenters. The summed E-state index contributed by atoms with van der Waals surface area (Å²) in [6.45, 7) is 14.7. The van der Waals surface area contributed by atoms with E-state index in [1.165, 1.54) is 0 Å². The third kappa shape index (κ3) is 2.08. The van der Waals surface area contributed by atoms with E-state index in [0.717, 1.165) is 5.82 Å². The first-order valence-corrected chi connectivity index (χ1v) is 4.92. The standard InChI is InChI=1S/C11H20N2O/c1-8-12-11(5,6)9(14)13(8)7-10(2,3)4/h12H,1,7H2,2-6H3. The summed E-state index contributed by atoms with van der Waals surface area (Å²) in [7, 11) is 0. The molecule has 0 aromatic rings. The maximum atomic E-state index is 11.9. The summed E-state index contributed by atoms with van der Waals surface area (Å²) < 4.78 is 0. The van der Waals surface area contributed by atoms with Gasteiger partial charge in [-0.05, 0) is 19.3 Å². The summed E-state index contributed by atoms with van der Waals surface area (Å²) in [6.07, 6.45) is 0. The molecule has 1 aliphatic heterocycles. The number of nitrogens with zero attached hydrogens (tertiary/aromatic N) is 1. The van der Waals surface area contributed by atoms with Crippen LogP contribution in [0.2, 0.25) is 0 Å². The van der Waals surface area contributed by atoms with E-state index in [1.54, 1.807) is 4.90 Å². The molecule has 0 spiro atoms. The summed E-state index contributed by atoms with van der Waals surface area (Å²) in [4.78, 5) is 13.7. The Morgan fingerprint density at radius 1 is 1.43 bits per heavy atom. The Morgan fingerprint density at radius 3 is 2.21 bits per heavy atom. The van der Waals surface area contributed by atoms with Crippen molar-refractivity contribution in [2.24, 2.45) is 5.41 Å². The van der Waals surface area contributed by atoms with Crippen LogP contribution in [-0.4, -0.2) is 22.9 Å². The summed E-state index contributed by atoms with van der Waals surface area (Å²) >= 11 is 0. The number of nitrogens with one attached hydrogen (secondary N) is 1. The van der Waals surface area contributed by atoms with Gasteiger partial charge in [0.25, 0.3) is 5.91 Å². The zero-order valence-electron chi connectivity index (χ0n) is 9.77. The lowest BCUT2D eigenvalue weighted by Gasteiger charge is -2.26. The molecule has 3 nitrogen and oxygen atoms in total. The molecule has 1 fully saturated rings. The van der Waals surface area contributed by atoms with E-state index in [1.807, 2.05) is 13.8 Å². The SMILES string of the molecule is C=C1NC(C)(C)C(=O)N1CC(C)(C)C. The van der Waals surface area contributed by atoms with Gasteiger partial charge in [-0.15, -0.1) is 0 Å². The van der Waals surface area contributed by atoms with Crippen molar-refractivity contribution in [3.63, 3.8) is 0 Å². The lowest BCUT2D eigenvalue weighted by atomic mass is 9.95. The summed E-state index contributed by atoms with van der Waals surface area (Å²) in [5.74, 6) is 0.826. The van der Waals surface area contributed by atoms with Crippen LogP contribution in [-0.2, 0) is 4.79 Å². The molecule has 1 amide bonds. The Balaban J connectivity index is 2.82. The molecule has 14 heavy (non-hydrogen) atoms. The Morgan fingerprint density at radius 2 is 1.93 bits per heavy atom. The largest absolute Gasteiger partial charge is 0.358 e. The maximum Gasteiger partial charge on any atom is 0.253 e. The highest BCUT2D eigenvalue weighted by Crippen LogP contribution is 2.25. The minimum Gasteiger partial charge on any atom is -0.358 e. The first kappa shape index (κ1) is 11.1. The quantitative estimate of drug-likeness (QED) is 0.692. The van der Waals surface area contributed by atoms with Crippen LogP contribution in [0.4, 0.5) is 0 Å². The fourth-order valence-electron chi connectivity index (χ4n) is 1.58. The molecule has 0 aliphatic carbocycles. The van der Waals surface area contributed by atoms with Crippen LogP contribution in [0.1, 0.15) is 34.6 Å². The highest BCUT2D eigenvalue weighted by Gasteiger charge is 2.41. The van der Waals surface area contributed by atoms with E-state index in [0.29, 0.717) is 6.54 Å². The van der Waals surface area contributed by atoms with Crippen molar-refractivity contribution in [1.82, 2.24) is 10.2 Å². The Bertz CT molecular complexity index is 274. The van der Waals surface area contributed by atoms with Crippen LogP contribution >= 0.6 is 0 Å². The van der Waals surface area contributed by atoms with E-state index in [-0.39, 0.29) is 11.3 Å². The van der Waals surface area contributed by atoms with E-state index >= 15 is 0 Å². The second-order valence-corrected chi connectivity index (χ2v) is 5.65.